The van der Waals surface area contributed by atoms with Crippen LogP contribution in [0.4, 0.5) is 0 Å². The van der Waals surface area contributed by atoms with Crippen molar-refractivity contribution >= 4 is 39.8 Å². The Hall–Kier alpha value is -0.0900. The zero-order valence-electron chi connectivity index (χ0n) is 15.8. The second-order valence-electron chi connectivity index (χ2n) is 7.19. The first kappa shape index (κ1) is 23.9. The molecule has 0 spiro atoms. The number of guanidine groups is 1. The highest BCUT2D eigenvalue weighted by atomic mass is 127. The van der Waals surface area contributed by atoms with Crippen LogP contribution in [0, 0.1) is 0 Å². The number of hydrogen-bond acceptors (Lipinski definition) is 4. The first-order valence-electron chi connectivity index (χ1n) is 8.61. The fourth-order valence-corrected chi connectivity index (χ4v) is 3.60. The van der Waals surface area contributed by atoms with Crippen LogP contribution in [0.25, 0.3) is 0 Å². The normalized spacial score (nSPS) is 18.1. The molecule has 0 aromatic rings. The van der Waals surface area contributed by atoms with Crippen molar-refractivity contribution in [1.29, 1.82) is 0 Å². The second kappa shape index (κ2) is 10.8. The average Bonchev–Trinajstić information content (AvgIpc) is 2.47. The number of aliphatic imine (C=N–C) groups is 1. The number of piperidine rings is 1. The van der Waals surface area contributed by atoms with Gasteiger partial charge in [-0.05, 0) is 46.6 Å². The van der Waals surface area contributed by atoms with Gasteiger partial charge < -0.3 is 15.5 Å². The quantitative estimate of drug-likeness (QED) is 0.349. The van der Waals surface area contributed by atoms with Gasteiger partial charge in [-0.25, -0.2) is 8.42 Å². The molecule has 2 N–H and O–H groups in total. The number of nitrogens with one attached hydrogen (secondary N) is 2. The molecule has 1 fully saturated rings. The Morgan fingerprint density at radius 3 is 2.29 bits per heavy atom. The van der Waals surface area contributed by atoms with E-state index in [0.717, 1.165) is 25.9 Å². The molecule has 0 aromatic carbocycles. The maximum absolute atomic E-state index is 12.1. The van der Waals surface area contributed by atoms with Gasteiger partial charge in [-0.15, -0.1) is 24.0 Å². The summed E-state index contributed by atoms with van der Waals surface area (Å²) < 4.78 is 23.5. The fourth-order valence-electron chi connectivity index (χ4n) is 2.62. The van der Waals surface area contributed by atoms with E-state index in [1.165, 1.54) is 13.0 Å². The lowest BCUT2D eigenvalue weighted by Gasteiger charge is -2.32. The molecule has 24 heavy (non-hydrogen) atoms. The van der Waals surface area contributed by atoms with Crippen LogP contribution in [0.15, 0.2) is 4.99 Å². The molecule has 0 aliphatic carbocycles. The van der Waals surface area contributed by atoms with Gasteiger partial charge in [0.05, 0.1) is 10.5 Å². The summed E-state index contributed by atoms with van der Waals surface area (Å²) in [5, 5.41) is 6.54. The minimum absolute atomic E-state index is 0. The van der Waals surface area contributed by atoms with Crippen molar-refractivity contribution in [3.05, 3.63) is 0 Å². The molecule has 1 aliphatic heterocycles. The first-order chi connectivity index (χ1) is 10.7. The molecule has 1 saturated heterocycles. The van der Waals surface area contributed by atoms with Gasteiger partial charge in [-0.1, -0.05) is 6.92 Å². The topological polar surface area (TPSA) is 73.8 Å². The molecular weight excluding hydrogens is 439 g/mol. The maximum atomic E-state index is 12.1. The molecule has 0 bridgehead atoms. The van der Waals surface area contributed by atoms with Crippen molar-refractivity contribution in [2.75, 3.05) is 39.0 Å². The molecular formula is C16H35IN4O2S. The lowest BCUT2D eigenvalue weighted by molar-refractivity contribution is 0.206. The predicted octanol–water partition coefficient (Wildman–Crippen LogP) is 1.86. The lowest BCUT2D eigenvalue weighted by atomic mass is 10.1. The molecule has 1 aliphatic rings. The summed E-state index contributed by atoms with van der Waals surface area (Å²) in [6.07, 6.45) is 3.39. The highest BCUT2D eigenvalue weighted by Gasteiger charge is 2.28. The molecule has 144 valence electrons. The summed E-state index contributed by atoms with van der Waals surface area (Å²) >= 11 is 0. The van der Waals surface area contributed by atoms with Gasteiger partial charge in [0.15, 0.2) is 15.8 Å². The van der Waals surface area contributed by atoms with Crippen LogP contribution in [0.5, 0.6) is 0 Å². The van der Waals surface area contributed by atoms with Crippen LogP contribution in [0.3, 0.4) is 0 Å². The van der Waals surface area contributed by atoms with Gasteiger partial charge in [-0.3, -0.25) is 4.99 Å². The Kier molecular flexibility index (Phi) is 10.8. The average molecular weight is 474 g/mol. The number of sulfone groups is 1. The van der Waals surface area contributed by atoms with E-state index in [0.29, 0.717) is 18.5 Å². The SMILES string of the molecule is CCCN1CCC(NC(=NC)NCCS(=O)(=O)C(C)(C)C)CC1.I. The summed E-state index contributed by atoms with van der Waals surface area (Å²) in [7, 11) is -1.38. The zero-order chi connectivity index (χ0) is 17.5. The van der Waals surface area contributed by atoms with Crippen molar-refractivity contribution < 1.29 is 8.42 Å². The van der Waals surface area contributed by atoms with Crippen LogP contribution in [0.1, 0.15) is 47.0 Å². The minimum atomic E-state index is -3.10. The zero-order valence-corrected chi connectivity index (χ0v) is 18.9. The Morgan fingerprint density at radius 1 is 1.25 bits per heavy atom. The summed E-state index contributed by atoms with van der Waals surface area (Å²) in [5.74, 6) is 0.814. The van der Waals surface area contributed by atoms with E-state index in [-0.39, 0.29) is 29.7 Å². The van der Waals surface area contributed by atoms with Crippen molar-refractivity contribution in [3.63, 3.8) is 0 Å². The van der Waals surface area contributed by atoms with Crippen LogP contribution in [-0.2, 0) is 9.84 Å². The van der Waals surface area contributed by atoms with Gasteiger partial charge >= 0.3 is 0 Å². The molecule has 6 nitrogen and oxygen atoms in total. The Bertz CT molecular complexity index is 481. The van der Waals surface area contributed by atoms with E-state index in [1.54, 1.807) is 27.8 Å². The molecule has 8 heteroatoms. The van der Waals surface area contributed by atoms with E-state index >= 15 is 0 Å². The van der Waals surface area contributed by atoms with Crippen molar-refractivity contribution in [1.82, 2.24) is 15.5 Å². The van der Waals surface area contributed by atoms with Gasteiger partial charge in [0.2, 0.25) is 0 Å². The van der Waals surface area contributed by atoms with Crippen molar-refractivity contribution in [2.45, 2.75) is 57.7 Å². The van der Waals surface area contributed by atoms with E-state index < -0.39 is 14.6 Å². The Balaban J connectivity index is 0.00000529. The summed E-state index contributed by atoms with van der Waals surface area (Å²) in [6, 6.07) is 0.411. The molecule has 0 unspecified atom stereocenters. The van der Waals surface area contributed by atoms with E-state index in [2.05, 4.69) is 27.4 Å². The number of likely N-dealkylation sites (tertiary alicyclic amines) is 1. The van der Waals surface area contributed by atoms with Crippen molar-refractivity contribution in [2.24, 2.45) is 4.99 Å². The number of nitrogens with zero attached hydrogens (tertiary/aromatic N) is 2. The monoisotopic (exact) mass is 474 g/mol. The molecule has 1 heterocycles. The molecule has 0 aromatic heterocycles. The molecule has 0 atom stereocenters. The first-order valence-corrected chi connectivity index (χ1v) is 10.3. The minimum Gasteiger partial charge on any atom is -0.355 e. The largest absolute Gasteiger partial charge is 0.355 e. The third kappa shape index (κ3) is 7.86. The van der Waals surface area contributed by atoms with Crippen LogP contribution < -0.4 is 10.6 Å². The molecule has 0 radical (unpaired) electrons. The van der Waals surface area contributed by atoms with Crippen molar-refractivity contribution in [3.8, 4) is 0 Å². The third-order valence-electron chi connectivity index (χ3n) is 4.29. The molecule has 0 amide bonds. The van der Waals surface area contributed by atoms with E-state index in [9.17, 15) is 8.42 Å². The van der Waals surface area contributed by atoms with Gasteiger partial charge in [0, 0.05) is 32.7 Å². The Labute approximate surface area is 165 Å². The smallest absolute Gasteiger partial charge is 0.191 e. The highest BCUT2D eigenvalue weighted by Crippen LogP contribution is 2.15. The summed E-state index contributed by atoms with van der Waals surface area (Å²) in [4.78, 5) is 6.70. The van der Waals surface area contributed by atoms with Crippen LogP contribution in [-0.4, -0.2) is 69.0 Å². The number of rotatable bonds is 6. The fraction of sp³-hybridized carbons (Fsp3) is 0.938. The second-order valence-corrected chi connectivity index (χ2v) is 10.1. The van der Waals surface area contributed by atoms with Crippen LogP contribution in [0.2, 0.25) is 0 Å². The number of halogens is 1. The molecule has 0 saturated carbocycles. The summed E-state index contributed by atoms with van der Waals surface area (Å²) in [6.45, 7) is 11.2. The summed E-state index contributed by atoms with van der Waals surface area (Å²) in [5.41, 5.74) is 0. The molecule has 1 rings (SSSR count). The van der Waals surface area contributed by atoms with Crippen LogP contribution >= 0.6 is 24.0 Å². The Morgan fingerprint density at radius 2 is 1.83 bits per heavy atom. The maximum Gasteiger partial charge on any atom is 0.191 e. The van der Waals surface area contributed by atoms with E-state index in [1.807, 2.05) is 0 Å². The standard InChI is InChI=1S/C16H34N4O2S.HI/c1-6-10-20-11-7-14(8-12-20)19-15(17-5)18-9-13-23(21,22)16(2,3)4;/h14H,6-13H2,1-5H3,(H2,17,18,19);1H. The highest BCUT2D eigenvalue weighted by molar-refractivity contribution is 14.0. The number of hydrogen-bond donors (Lipinski definition) is 2. The lowest BCUT2D eigenvalue weighted by Crippen LogP contribution is -2.49. The third-order valence-corrected chi connectivity index (χ3v) is 6.90. The van der Waals surface area contributed by atoms with Gasteiger partial charge in [0.25, 0.3) is 0 Å². The van der Waals surface area contributed by atoms with Gasteiger partial charge in [-0.2, -0.15) is 0 Å². The van der Waals surface area contributed by atoms with Gasteiger partial charge in [0.1, 0.15) is 0 Å². The van der Waals surface area contributed by atoms with E-state index in [4.69, 9.17) is 0 Å². The predicted molar refractivity (Wildman–Crippen MR) is 113 cm³/mol.